The predicted molar refractivity (Wildman–Crippen MR) is 95.6 cm³/mol. The van der Waals surface area contributed by atoms with Crippen LogP contribution in [0, 0.1) is 0 Å². The number of hydrogen-bond acceptors (Lipinski definition) is 4. The number of rotatable bonds is 7. The van der Waals surface area contributed by atoms with Crippen LogP contribution < -0.4 is 10.1 Å². The van der Waals surface area contributed by atoms with E-state index in [9.17, 15) is 9.90 Å². The van der Waals surface area contributed by atoms with Crippen LogP contribution in [0.3, 0.4) is 0 Å². The molecule has 1 aliphatic carbocycles. The normalized spacial score (nSPS) is 17.8. The Balaban J connectivity index is 1.66. The molecular formula is C19H23NO3S. The van der Waals surface area contributed by atoms with Crippen molar-refractivity contribution < 1.29 is 14.6 Å². The summed E-state index contributed by atoms with van der Waals surface area (Å²) in [6, 6.07) is 9.67. The number of benzene rings is 1. The highest BCUT2D eigenvalue weighted by Gasteiger charge is 2.52. The van der Waals surface area contributed by atoms with Crippen molar-refractivity contribution in [3.8, 4) is 5.75 Å². The van der Waals surface area contributed by atoms with Crippen LogP contribution in [-0.2, 0) is 16.6 Å². The Morgan fingerprint density at radius 1 is 1.38 bits per heavy atom. The van der Waals surface area contributed by atoms with Crippen LogP contribution >= 0.6 is 11.3 Å². The average Bonchev–Trinajstić information content (AvgIpc) is 3.24. The lowest BCUT2D eigenvalue weighted by Crippen LogP contribution is -2.45. The van der Waals surface area contributed by atoms with Crippen molar-refractivity contribution in [3.63, 3.8) is 0 Å². The number of methoxy groups -OCH3 is 1. The maximum absolute atomic E-state index is 12.8. The molecule has 0 saturated heterocycles. The van der Waals surface area contributed by atoms with Crippen LogP contribution in [0.2, 0.25) is 0 Å². The van der Waals surface area contributed by atoms with E-state index >= 15 is 0 Å². The zero-order valence-electron chi connectivity index (χ0n) is 14.0. The van der Waals surface area contributed by atoms with Crippen LogP contribution in [0.15, 0.2) is 41.1 Å². The second-order valence-electron chi connectivity index (χ2n) is 6.77. The first-order valence-corrected chi connectivity index (χ1v) is 9.06. The van der Waals surface area contributed by atoms with Gasteiger partial charge in [-0.25, -0.2) is 0 Å². The van der Waals surface area contributed by atoms with Crippen LogP contribution in [0.25, 0.3) is 0 Å². The second kappa shape index (κ2) is 6.57. The van der Waals surface area contributed by atoms with Crippen molar-refractivity contribution in [2.24, 2.45) is 0 Å². The fourth-order valence-electron chi connectivity index (χ4n) is 3.12. The van der Waals surface area contributed by atoms with Gasteiger partial charge in [0.15, 0.2) is 0 Å². The fourth-order valence-corrected chi connectivity index (χ4v) is 3.79. The fraction of sp³-hybridized carbons (Fsp3) is 0.421. The predicted octanol–water partition coefficient (Wildman–Crippen LogP) is 2.90. The van der Waals surface area contributed by atoms with Gasteiger partial charge in [0.1, 0.15) is 5.75 Å². The summed E-state index contributed by atoms with van der Waals surface area (Å²) in [5.41, 5.74) is 0.547. The molecule has 0 radical (unpaired) electrons. The topological polar surface area (TPSA) is 58.6 Å². The monoisotopic (exact) mass is 345 g/mol. The zero-order valence-corrected chi connectivity index (χ0v) is 14.9. The lowest BCUT2D eigenvalue weighted by molar-refractivity contribution is -0.124. The lowest BCUT2D eigenvalue weighted by atomic mass is 9.93. The molecule has 2 aromatic rings. The van der Waals surface area contributed by atoms with Gasteiger partial charge in [0.05, 0.1) is 18.1 Å². The van der Waals surface area contributed by atoms with Crippen LogP contribution in [0.1, 0.15) is 30.9 Å². The SMILES string of the molecule is COc1ccccc1C1(C(=O)NCC(C)(O)Cc2ccsc2)CC1. The minimum atomic E-state index is -0.965. The van der Waals surface area contributed by atoms with Crippen LogP contribution in [0.5, 0.6) is 5.75 Å². The van der Waals surface area contributed by atoms with Gasteiger partial charge in [-0.15, -0.1) is 0 Å². The molecular weight excluding hydrogens is 322 g/mol. The van der Waals surface area contributed by atoms with E-state index in [2.05, 4.69) is 5.32 Å². The highest BCUT2D eigenvalue weighted by molar-refractivity contribution is 7.07. The number of carbonyl (C=O) groups is 1. The van der Waals surface area contributed by atoms with Crippen molar-refractivity contribution in [1.29, 1.82) is 0 Å². The number of para-hydroxylation sites is 1. The highest BCUT2D eigenvalue weighted by atomic mass is 32.1. The molecule has 0 spiro atoms. The molecule has 1 unspecified atom stereocenters. The van der Waals surface area contributed by atoms with Gasteiger partial charge in [-0.2, -0.15) is 11.3 Å². The Kier molecular flexibility index (Phi) is 4.65. The van der Waals surface area contributed by atoms with E-state index in [-0.39, 0.29) is 12.5 Å². The Bertz CT molecular complexity index is 705. The molecule has 1 aliphatic rings. The van der Waals surface area contributed by atoms with E-state index in [0.717, 1.165) is 29.7 Å². The van der Waals surface area contributed by atoms with Gasteiger partial charge in [0.2, 0.25) is 5.91 Å². The maximum Gasteiger partial charge on any atom is 0.230 e. The van der Waals surface area contributed by atoms with E-state index in [1.807, 2.05) is 41.1 Å². The molecule has 2 N–H and O–H groups in total. The minimum Gasteiger partial charge on any atom is -0.496 e. The molecule has 0 bridgehead atoms. The van der Waals surface area contributed by atoms with Gasteiger partial charge in [-0.05, 0) is 48.2 Å². The standard InChI is InChI=1S/C19H23NO3S/c1-18(22,11-14-7-10-24-12-14)13-20-17(21)19(8-9-19)15-5-3-4-6-16(15)23-2/h3-7,10,12,22H,8-9,11,13H2,1-2H3,(H,20,21). The summed E-state index contributed by atoms with van der Waals surface area (Å²) in [4.78, 5) is 12.8. The molecule has 1 heterocycles. The molecule has 1 saturated carbocycles. The van der Waals surface area contributed by atoms with Gasteiger partial charge >= 0.3 is 0 Å². The first kappa shape index (κ1) is 17.0. The van der Waals surface area contributed by atoms with E-state index in [4.69, 9.17) is 4.74 Å². The van der Waals surface area contributed by atoms with Gasteiger partial charge in [0.25, 0.3) is 0 Å². The summed E-state index contributed by atoms with van der Waals surface area (Å²) >= 11 is 1.61. The Morgan fingerprint density at radius 2 is 2.12 bits per heavy atom. The second-order valence-corrected chi connectivity index (χ2v) is 7.55. The van der Waals surface area contributed by atoms with Gasteiger partial charge in [0, 0.05) is 18.5 Å². The van der Waals surface area contributed by atoms with E-state index in [1.54, 1.807) is 25.4 Å². The Hall–Kier alpha value is -1.85. The summed E-state index contributed by atoms with van der Waals surface area (Å²) in [5, 5.41) is 17.5. The number of carbonyl (C=O) groups excluding carboxylic acids is 1. The molecule has 4 nitrogen and oxygen atoms in total. The Labute approximate surface area is 146 Å². The third kappa shape index (κ3) is 3.47. The number of nitrogens with one attached hydrogen (secondary N) is 1. The van der Waals surface area contributed by atoms with Crippen LogP contribution in [0.4, 0.5) is 0 Å². The molecule has 1 aromatic heterocycles. The lowest BCUT2D eigenvalue weighted by Gasteiger charge is -2.25. The first-order chi connectivity index (χ1) is 11.5. The number of thiophene rings is 1. The minimum absolute atomic E-state index is 0.0300. The van der Waals surface area contributed by atoms with Gasteiger partial charge in [-0.3, -0.25) is 4.79 Å². The molecule has 0 aliphatic heterocycles. The number of aliphatic hydroxyl groups is 1. The molecule has 3 rings (SSSR count). The molecule has 128 valence electrons. The summed E-state index contributed by atoms with van der Waals surface area (Å²) in [7, 11) is 1.62. The quantitative estimate of drug-likeness (QED) is 0.811. The van der Waals surface area contributed by atoms with E-state index < -0.39 is 11.0 Å². The molecule has 1 fully saturated rings. The smallest absolute Gasteiger partial charge is 0.230 e. The summed E-state index contributed by atoms with van der Waals surface area (Å²) in [6.45, 7) is 1.99. The van der Waals surface area contributed by atoms with E-state index in [1.165, 1.54) is 0 Å². The van der Waals surface area contributed by atoms with Crippen LogP contribution in [-0.4, -0.2) is 30.3 Å². The van der Waals surface area contributed by atoms with Crippen molar-refractivity contribution >= 4 is 17.2 Å². The number of ether oxygens (including phenoxy) is 1. The number of amides is 1. The summed E-state index contributed by atoms with van der Waals surface area (Å²) in [5.74, 6) is 0.716. The first-order valence-electron chi connectivity index (χ1n) is 8.12. The molecule has 1 aromatic carbocycles. The van der Waals surface area contributed by atoms with Gasteiger partial charge in [-0.1, -0.05) is 18.2 Å². The largest absolute Gasteiger partial charge is 0.496 e. The third-order valence-electron chi connectivity index (χ3n) is 4.60. The summed E-state index contributed by atoms with van der Waals surface area (Å²) < 4.78 is 5.41. The molecule has 1 atom stereocenters. The van der Waals surface area contributed by atoms with Crippen molar-refractivity contribution in [2.75, 3.05) is 13.7 Å². The molecule has 5 heteroatoms. The highest BCUT2D eigenvalue weighted by Crippen LogP contribution is 2.51. The van der Waals surface area contributed by atoms with Crippen molar-refractivity contribution in [3.05, 3.63) is 52.2 Å². The molecule has 24 heavy (non-hydrogen) atoms. The molecule has 1 amide bonds. The average molecular weight is 345 g/mol. The maximum atomic E-state index is 12.8. The van der Waals surface area contributed by atoms with Gasteiger partial charge < -0.3 is 15.2 Å². The van der Waals surface area contributed by atoms with Crippen molar-refractivity contribution in [2.45, 2.75) is 37.2 Å². The Morgan fingerprint density at radius 3 is 2.75 bits per heavy atom. The summed E-state index contributed by atoms with van der Waals surface area (Å²) in [6.07, 6.45) is 2.15. The zero-order chi connectivity index (χ0) is 17.2. The van der Waals surface area contributed by atoms with Crippen molar-refractivity contribution in [1.82, 2.24) is 5.32 Å². The third-order valence-corrected chi connectivity index (χ3v) is 5.33. The van der Waals surface area contributed by atoms with E-state index in [0.29, 0.717) is 6.42 Å². The number of hydrogen-bond donors (Lipinski definition) is 2.